The molecule has 2 unspecified atom stereocenters. The maximum absolute atomic E-state index is 13.2. The Labute approximate surface area is 220 Å². The largest absolute Gasteiger partial charge is 0.457 e. The number of hydrogen-bond donors (Lipinski definition) is 3. The molecule has 37 heavy (non-hydrogen) atoms. The molecule has 2 atom stereocenters. The number of carbonyl (C=O) groups is 4. The Balaban J connectivity index is 2.30. The van der Waals surface area contributed by atoms with Crippen molar-refractivity contribution in [2.24, 2.45) is 5.16 Å². The molecule has 2 rings (SSSR count). The van der Waals surface area contributed by atoms with E-state index in [0.29, 0.717) is 6.42 Å². The number of nitrogens with zero attached hydrogens (tertiary/aromatic N) is 2. The fourth-order valence-corrected chi connectivity index (χ4v) is 3.68. The van der Waals surface area contributed by atoms with Crippen molar-refractivity contribution in [1.29, 1.82) is 0 Å². The van der Waals surface area contributed by atoms with Crippen LogP contribution < -0.4 is 16.0 Å². The molecular weight excluding hydrogens is 502 g/mol. The molecular formula is C24H37N5O7S. The molecule has 3 N–H and O–H groups in total. The van der Waals surface area contributed by atoms with Crippen LogP contribution in [-0.4, -0.2) is 63.5 Å². The van der Waals surface area contributed by atoms with Gasteiger partial charge in [0.2, 0.25) is 11.5 Å². The van der Waals surface area contributed by atoms with Gasteiger partial charge in [0.05, 0.1) is 6.04 Å². The van der Waals surface area contributed by atoms with Crippen LogP contribution in [0.2, 0.25) is 0 Å². The average Bonchev–Trinajstić information content (AvgIpc) is 3.17. The number of thiazole rings is 1. The van der Waals surface area contributed by atoms with Gasteiger partial charge >= 0.3 is 12.1 Å². The second-order valence-corrected chi connectivity index (χ2v) is 11.9. The first-order valence-electron chi connectivity index (χ1n) is 12.0. The van der Waals surface area contributed by atoms with Crippen LogP contribution in [-0.2, 0) is 28.7 Å². The first kappa shape index (κ1) is 30.0. The maximum atomic E-state index is 13.2. The summed E-state index contributed by atoms with van der Waals surface area (Å²) in [6.07, 6.45) is 0.788. The van der Waals surface area contributed by atoms with Crippen LogP contribution in [0.4, 0.5) is 9.93 Å². The van der Waals surface area contributed by atoms with E-state index in [0.717, 1.165) is 17.8 Å². The molecule has 2 heterocycles. The van der Waals surface area contributed by atoms with Gasteiger partial charge in [0, 0.05) is 5.38 Å². The Hall–Kier alpha value is -3.22. The number of rotatable bonds is 9. The fraction of sp³-hybridized carbons (Fsp3) is 0.667. The SMILES string of the molecule is CCCC1NC(=O)C1NC(=O)C(=NOC(C)(C)C(=O)OC(C)(C)C)c1csc(NC(=O)OC(C)(C)C)n1. The van der Waals surface area contributed by atoms with Crippen molar-refractivity contribution in [2.45, 2.75) is 104 Å². The number of hydrogen-bond acceptors (Lipinski definition) is 10. The maximum Gasteiger partial charge on any atom is 0.413 e. The van der Waals surface area contributed by atoms with Gasteiger partial charge in [-0.3, -0.25) is 14.9 Å². The van der Waals surface area contributed by atoms with Gasteiger partial charge in [-0.05, 0) is 61.8 Å². The molecule has 0 aromatic carbocycles. The number of amides is 3. The third-order valence-corrected chi connectivity index (χ3v) is 5.48. The van der Waals surface area contributed by atoms with Crippen LogP contribution in [0.5, 0.6) is 0 Å². The predicted molar refractivity (Wildman–Crippen MR) is 138 cm³/mol. The molecule has 0 aliphatic carbocycles. The summed E-state index contributed by atoms with van der Waals surface area (Å²) < 4.78 is 10.6. The number of anilines is 1. The molecule has 1 aliphatic rings. The molecule has 206 valence electrons. The first-order valence-corrected chi connectivity index (χ1v) is 12.9. The molecule has 3 amide bonds. The lowest BCUT2D eigenvalue weighted by Crippen LogP contribution is -2.69. The minimum absolute atomic E-state index is 0.0697. The van der Waals surface area contributed by atoms with Crippen LogP contribution in [0.25, 0.3) is 0 Å². The summed E-state index contributed by atoms with van der Waals surface area (Å²) in [5.74, 6) is -1.72. The summed E-state index contributed by atoms with van der Waals surface area (Å²) in [7, 11) is 0. The Kier molecular flexibility index (Phi) is 9.28. The predicted octanol–water partition coefficient (Wildman–Crippen LogP) is 3.11. The number of nitrogens with one attached hydrogen (secondary N) is 3. The highest BCUT2D eigenvalue weighted by atomic mass is 32.1. The highest BCUT2D eigenvalue weighted by molar-refractivity contribution is 7.14. The fourth-order valence-electron chi connectivity index (χ4n) is 3.00. The van der Waals surface area contributed by atoms with Gasteiger partial charge in [-0.1, -0.05) is 18.5 Å². The van der Waals surface area contributed by atoms with Crippen molar-refractivity contribution < 1.29 is 33.5 Å². The second-order valence-electron chi connectivity index (χ2n) is 11.1. The summed E-state index contributed by atoms with van der Waals surface area (Å²) in [4.78, 5) is 59.7. The van der Waals surface area contributed by atoms with Crippen molar-refractivity contribution in [1.82, 2.24) is 15.6 Å². The third kappa shape index (κ3) is 8.99. The quantitative estimate of drug-likeness (QED) is 0.187. The van der Waals surface area contributed by atoms with Crippen molar-refractivity contribution >= 4 is 46.1 Å². The molecule has 1 aromatic heterocycles. The van der Waals surface area contributed by atoms with Gasteiger partial charge in [0.25, 0.3) is 5.91 Å². The Morgan fingerprint density at radius 2 is 1.70 bits per heavy atom. The smallest absolute Gasteiger partial charge is 0.413 e. The monoisotopic (exact) mass is 539 g/mol. The minimum atomic E-state index is -1.54. The van der Waals surface area contributed by atoms with E-state index in [2.05, 4.69) is 26.1 Å². The van der Waals surface area contributed by atoms with Crippen LogP contribution in [0.3, 0.4) is 0 Å². The van der Waals surface area contributed by atoms with E-state index in [1.807, 2.05) is 6.92 Å². The Morgan fingerprint density at radius 3 is 2.24 bits per heavy atom. The summed E-state index contributed by atoms with van der Waals surface area (Å²) in [6, 6.07) is -0.948. The number of esters is 1. The number of ether oxygens (including phenoxy) is 2. The Bertz CT molecular complexity index is 1050. The van der Waals surface area contributed by atoms with Crippen molar-refractivity contribution in [3.8, 4) is 0 Å². The highest BCUT2D eigenvalue weighted by Crippen LogP contribution is 2.21. The number of carbonyl (C=O) groups excluding carboxylic acids is 4. The molecule has 1 aromatic rings. The minimum Gasteiger partial charge on any atom is -0.457 e. The lowest BCUT2D eigenvalue weighted by atomic mass is 9.94. The van der Waals surface area contributed by atoms with Crippen LogP contribution in [0.1, 0.15) is 80.8 Å². The van der Waals surface area contributed by atoms with Gasteiger partial charge in [-0.2, -0.15) is 0 Å². The first-order chi connectivity index (χ1) is 16.9. The number of β-lactam (4-membered cyclic amide) rings is 1. The highest BCUT2D eigenvalue weighted by Gasteiger charge is 2.41. The van der Waals surface area contributed by atoms with Crippen LogP contribution >= 0.6 is 11.3 Å². The third-order valence-electron chi connectivity index (χ3n) is 4.72. The van der Waals surface area contributed by atoms with E-state index in [1.54, 1.807) is 41.5 Å². The molecule has 12 nitrogen and oxygen atoms in total. The van der Waals surface area contributed by atoms with Gasteiger partial charge < -0.3 is 24.9 Å². The van der Waals surface area contributed by atoms with E-state index in [9.17, 15) is 19.2 Å². The van der Waals surface area contributed by atoms with E-state index in [4.69, 9.17) is 14.3 Å². The zero-order valence-electron chi connectivity index (χ0n) is 22.8. The van der Waals surface area contributed by atoms with Gasteiger partial charge in [-0.25, -0.2) is 14.6 Å². The Morgan fingerprint density at radius 1 is 1.08 bits per heavy atom. The topological polar surface area (TPSA) is 157 Å². The molecule has 0 saturated carbocycles. The lowest BCUT2D eigenvalue weighted by molar-refractivity contribution is -0.179. The molecule has 1 fully saturated rings. The van der Waals surface area contributed by atoms with E-state index < -0.39 is 40.8 Å². The molecule has 1 saturated heterocycles. The molecule has 1 aliphatic heterocycles. The summed E-state index contributed by atoms with van der Waals surface area (Å²) in [5, 5.41) is 13.5. The molecule has 0 spiro atoms. The van der Waals surface area contributed by atoms with Gasteiger partial charge in [0.1, 0.15) is 22.9 Å². The summed E-state index contributed by atoms with van der Waals surface area (Å²) in [6.45, 7) is 15.2. The molecule has 0 radical (unpaired) electrons. The zero-order valence-corrected chi connectivity index (χ0v) is 23.6. The van der Waals surface area contributed by atoms with Gasteiger partial charge in [0.15, 0.2) is 10.8 Å². The average molecular weight is 540 g/mol. The molecule has 13 heteroatoms. The lowest BCUT2D eigenvalue weighted by Gasteiger charge is -2.37. The van der Waals surface area contributed by atoms with Crippen molar-refractivity contribution in [3.05, 3.63) is 11.1 Å². The summed E-state index contributed by atoms with van der Waals surface area (Å²) >= 11 is 1.03. The van der Waals surface area contributed by atoms with Crippen molar-refractivity contribution in [2.75, 3.05) is 5.32 Å². The van der Waals surface area contributed by atoms with E-state index in [1.165, 1.54) is 19.2 Å². The van der Waals surface area contributed by atoms with Crippen LogP contribution in [0.15, 0.2) is 10.5 Å². The number of aromatic nitrogens is 1. The standard InChI is InChI=1S/C24H37N5O7S/c1-10-11-13-15(17(30)25-13)27-18(31)16(29-36-24(8,9)19(32)34-22(2,3)4)14-12-37-20(26-14)28-21(33)35-23(5,6)7/h12-13,15H,10-11H2,1-9H3,(H,25,30)(H,27,31)(H,26,28,33). The second kappa shape index (κ2) is 11.4. The van der Waals surface area contributed by atoms with Crippen LogP contribution in [0, 0.1) is 0 Å². The van der Waals surface area contributed by atoms with E-state index in [-0.39, 0.29) is 28.5 Å². The number of oxime groups is 1. The molecule has 0 bridgehead atoms. The van der Waals surface area contributed by atoms with Crippen molar-refractivity contribution in [3.63, 3.8) is 0 Å². The van der Waals surface area contributed by atoms with E-state index >= 15 is 0 Å². The zero-order chi connectivity index (χ0) is 28.2. The van der Waals surface area contributed by atoms with Gasteiger partial charge in [-0.15, -0.1) is 11.3 Å². The summed E-state index contributed by atoms with van der Waals surface area (Å²) in [5.41, 5.74) is -3.22. The normalized spacial score (nSPS) is 18.3.